The SMILES string of the molecule is CC(C)(O/N=C(\C(=O)NC1C(=O)N2C(C(=O)O)=C(C[N+]3(CCNC(=O)Nc4ccc(O)c(O)c4)CCCC3)CSC12)c1csc(N)n1)C(=O)O. The molecular formula is C30H37N8O10S2+. The Morgan fingerprint density at radius 1 is 1.16 bits per heavy atom. The van der Waals surface area contributed by atoms with Crippen LogP contribution in [0.3, 0.4) is 0 Å². The predicted octanol–water partition coefficient (Wildman–Crippen LogP) is 0.891. The fraction of sp³-hybridized carbons (Fsp3) is 0.433. The molecule has 3 aliphatic heterocycles. The van der Waals surface area contributed by atoms with Gasteiger partial charge in [-0.25, -0.2) is 19.4 Å². The highest BCUT2D eigenvalue weighted by Gasteiger charge is 2.55. The molecule has 0 saturated carbocycles. The van der Waals surface area contributed by atoms with Gasteiger partial charge in [0, 0.05) is 41.3 Å². The molecule has 2 unspecified atom stereocenters. The first-order chi connectivity index (χ1) is 23.6. The van der Waals surface area contributed by atoms with Gasteiger partial charge in [0.2, 0.25) is 5.60 Å². The number of thioether (sulfide) groups is 1. The highest BCUT2D eigenvalue weighted by molar-refractivity contribution is 8.00. The maximum atomic E-state index is 13.4. The zero-order valence-electron chi connectivity index (χ0n) is 27.0. The molecule has 1 aromatic carbocycles. The van der Waals surface area contributed by atoms with E-state index in [0.717, 1.165) is 37.3 Å². The number of nitrogens with one attached hydrogen (secondary N) is 3. The van der Waals surface area contributed by atoms with Crippen LogP contribution in [-0.4, -0.2) is 126 Å². The van der Waals surface area contributed by atoms with E-state index in [1.807, 2.05) is 0 Å². The molecular weight excluding hydrogens is 697 g/mol. The van der Waals surface area contributed by atoms with Crippen LogP contribution >= 0.6 is 23.1 Å². The average molecular weight is 734 g/mol. The van der Waals surface area contributed by atoms with E-state index in [1.54, 1.807) is 0 Å². The lowest BCUT2D eigenvalue weighted by Crippen LogP contribution is -2.71. The number of amides is 4. The molecule has 4 amide bonds. The Kier molecular flexibility index (Phi) is 10.4. The molecule has 0 aliphatic carbocycles. The first-order valence-corrected chi connectivity index (χ1v) is 17.4. The average Bonchev–Trinajstić information content (AvgIpc) is 3.70. The number of nitrogens with zero attached hydrogens (tertiary/aromatic N) is 4. The Morgan fingerprint density at radius 2 is 1.88 bits per heavy atom. The number of benzene rings is 1. The number of anilines is 2. The number of fused-ring (bicyclic) bond motifs is 1. The van der Waals surface area contributed by atoms with Crippen molar-refractivity contribution < 1.29 is 53.7 Å². The minimum Gasteiger partial charge on any atom is -0.504 e. The molecule has 2 fully saturated rings. The second-order valence-corrected chi connectivity index (χ2v) is 14.5. The monoisotopic (exact) mass is 733 g/mol. The molecule has 5 rings (SSSR count). The van der Waals surface area contributed by atoms with Crippen LogP contribution in [0.1, 0.15) is 32.4 Å². The summed E-state index contributed by atoms with van der Waals surface area (Å²) in [4.78, 5) is 73.8. The van der Waals surface area contributed by atoms with Gasteiger partial charge < -0.3 is 51.4 Å². The van der Waals surface area contributed by atoms with Crippen LogP contribution in [0.25, 0.3) is 0 Å². The number of aromatic hydroxyl groups is 2. The van der Waals surface area contributed by atoms with Gasteiger partial charge in [-0.3, -0.25) is 14.5 Å². The van der Waals surface area contributed by atoms with Gasteiger partial charge in [0.15, 0.2) is 22.3 Å². The number of phenols is 2. The van der Waals surface area contributed by atoms with Crippen molar-refractivity contribution in [2.45, 2.75) is 43.7 Å². The van der Waals surface area contributed by atoms with Crippen molar-refractivity contribution in [3.63, 3.8) is 0 Å². The number of carboxylic acids is 2. The van der Waals surface area contributed by atoms with Gasteiger partial charge in [-0.15, -0.1) is 23.1 Å². The van der Waals surface area contributed by atoms with E-state index in [0.29, 0.717) is 23.1 Å². The summed E-state index contributed by atoms with van der Waals surface area (Å²) in [5, 5.41) is 51.3. The number of β-lactam (4-membered cyclic amide) rings is 1. The van der Waals surface area contributed by atoms with E-state index < -0.39 is 52.5 Å². The number of hydrogen-bond acceptors (Lipinski definition) is 13. The summed E-state index contributed by atoms with van der Waals surface area (Å²) in [6, 6.07) is 2.28. The molecule has 2 saturated heterocycles. The Morgan fingerprint density at radius 3 is 2.50 bits per heavy atom. The number of carboxylic acid groups (broad SMARTS) is 2. The van der Waals surface area contributed by atoms with Crippen molar-refractivity contribution in [2.75, 3.05) is 49.5 Å². The maximum Gasteiger partial charge on any atom is 0.352 e. The summed E-state index contributed by atoms with van der Waals surface area (Å²) in [6.45, 7) is 5.07. The van der Waals surface area contributed by atoms with E-state index in [-0.39, 0.29) is 46.0 Å². The molecule has 50 heavy (non-hydrogen) atoms. The molecule has 18 nitrogen and oxygen atoms in total. The molecule has 0 radical (unpaired) electrons. The Balaban J connectivity index is 1.26. The maximum absolute atomic E-state index is 13.4. The van der Waals surface area contributed by atoms with Crippen LogP contribution in [0.15, 0.2) is 40.0 Å². The summed E-state index contributed by atoms with van der Waals surface area (Å²) in [7, 11) is 0. The second kappa shape index (κ2) is 14.4. The summed E-state index contributed by atoms with van der Waals surface area (Å²) in [5.74, 6) is -4.55. The summed E-state index contributed by atoms with van der Waals surface area (Å²) in [5.41, 5.74) is 4.24. The largest absolute Gasteiger partial charge is 0.504 e. The third-order valence-corrected chi connectivity index (χ3v) is 10.6. The number of likely N-dealkylation sites (tertiary alicyclic amines) is 1. The number of quaternary nitrogens is 1. The van der Waals surface area contributed by atoms with Gasteiger partial charge >= 0.3 is 18.0 Å². The quantitative estimate of drug-likeness (QED) is 0.0356. The van der Waals surface area contributed by atoms with Crippen LogP contribution in [0.5, 0.6) is 11.5 Å². The number of rotatable bonds is 13. The number of urea groups is 1. The molecule has 268 valence electrons. The zero-order chi connectivity index (χ0) is 36.4. The van der Waals surface area contributed by atoms with Crippen LogP contribution < -0.4 is 21.7 Å². The first-order valence-electron chi connectivity index (χ1n) is 15.4. The van der Waals surface area contributed by atoms with Gasteiger partial charge in [0.1, 0.15) is 29.4 Å². The lowest BCUT2D eigenvalue weighted by Gasteiger charge is -2.50. The Hall–Kier alpha value is -5.08. The summed E-state index contributed by atoms with van der Waals surface area (Å²) >= 11 is 2.31. The van der Waals surface area contributed by atoms with Gasteiger partial charge in [0.25, 0.3) is 11.8 Å². The minimum atomic E-state index is -1.79. The van der Waals surface area contributed by atoms with Crippen molar-refractivity contribution in [3.05, 3.63) is 40.5 Å². The number of carbonyl (C=O) groups excluding carboxylic acids is 3. The fourth-order valence-electron chi connectivity index (χ4n) is 5.87. The minimum absolute atomic E-state index is 0.00535. The van der Waals surface area contributed by atoms with Crippen molar-refractivity contribution in [3.8, 4) is 11.5 Å². The number of thiazole rings is 1. The van der Waals surface area contributed by atoms with Crippen molar-refractivity contribution in [2.24, 2.45) is 5.16 Å². The van der Waals surface area contributed by atoms with E-state index >= 15 is 0 Å². The highest BCUT2D eigenvalue weighted by atomic mass is 32.2. The van der Waals surface area contributed by atoms with Crippen molar-refractivity contribution in [1.29, 1.82) is 0 Å². The van der Waals surface area contributed by atoms with Crippen molar-refractivity contribution >= 4 is 69.4 Å². The number of aliphatic carboxylic acids is 2. The molecule has 4 heterocycles. The second-order valence-electron chi connectivity index (χ2n) is 12.5. The van der Waals surface area contributed by atoms with Crippen LogP contribution in [0.2, 0.25) is 0 Å². The van der Waals surface area contributed by atoms with Crippen molar-refractivity contribution in [1.82, 2.24) is 20.5 Å². The molecule has 2 aromatic rings. The smallest absolute Gasteiger partial charge is 0.352 e. The molecule has 0 bridgehead atoms. The van der Waals surface area contributed by atoms with E-state index in [2.05, 4.69) is 26.1 Å². The molecule has 2 atom stereocenters. The fourth-order valence-corrected chi connectivity index (χ4v) is 7.75. The van der Waals surface area contributed by atoms with E-state index in [4.69, 9.17) is 10.6 Å². The normalized spacial score (nSPS) is 20.1. The molecule has 1 aromatic heterocycles. The summed E-state index contributed by atoms with van der Waals surface area (Å²) in [6.07, 6.45) is 1.81. The number of phenolic OH excluding ortho intramolecular Hbond substituents is 2. The molecule has 20 heteroatoms. The topological polar surface area (TPSA) is 266 Å². The zero-order valence-corrected chi connectivity index (χ0v) is 28.7. The number of hydrogen-bond donors (Lipinski definition) is 8. The number of carbonyl (C=O) groups is 5. The van der Waals surface area contributed by atoms with Gasteiger partial charge in [-0.1, -0.05) is 5.16 Å². The third-order valence-electron chi connectivity index (χ3n) is 8.54. The lowest BCUT2D eigenvalue weighted by atomic mass is 10.0. The van der Waals surface area contributed by atoms with E-state index in [9.17, 15) is 44.4 Å². The third kappa shape index (κ3) is 7.71. The molecule has 3 aliphatic rings. The first kappa shape index (κ1) is 36.2. The number of nitrogens with two attached hydrogens (primary N) is 1. The Bertz CT molecular complexity index is 1770. The van der Waals surface area contributed by atoms with Crippen LogP contribution in [0, 0.1) is 0 Å². The van der Waals surface area contributed by atoms with Crippen LogP contribution in [0.4, 0.5) is 15.6 Å². The highest BCUT2D eigenvalue weighted by Crippen LogP contribution is 2.41. The number of aromatic nitrogens is 1. The Labute approximate surface area is 293 Å². The number of nitrogen functional groups attached to an aromatic ring is 1. The van der Waals surface area contributed by atoms with Gasteiger partial charge in [-0.2, -0.15) is 0 Å². The lowest BCUT2D eigenvalue weighted by molar-refractivity contribution is -0.911. The predicted molar refractivity (Wildman–Crippen MR) is 181 cm³/mol. The van der Waals surface area contributed by atoms with Crippen LogP contribution in [-0.2, 0) is 24.0 Å². The molecule has 9 N–H and O–H groups in total. The number of oxime groups is 1. The van der Waals surface area contributed by atoms with E-state index in [1.165, 1.54) is 54.1 Å². The van der Waals surface area contributed by atoms with Gasteiger partial charge in [-0.05, 0) is 26.0 Å². The standard InChI is InChI=1S/C30H36N8O10S2/c1-30(2,27(45)46)48-36-20(17-14-50-28(31)34-17)23(41)35-21-24(42)37-22(26(43)44)15(13-49-25(21)37)12-38(8-3-4-9-38)10-7-32-29(47)33-16-5-6-18(39)19(40)11-16/h5-6,11,14,21,25H,3-4,7-10,12-13H2,1-2H3,(H8-,31,32,33,34,35,36,39,40,41,43,44,45,46,47)/p+1. The summed E-state index contributed by atoms with van der Waals surface area (Å²) < 4.78 is 0.503. The van der Waals surface area contributed by atoms with Gasteiger partial charge in [0.05, 0.1) is 26.2 Å². The molecule has 0 spiro atoms.